The molecule has 0 amide bonds. The van der Waals surface area contributed by atoms with Gasteiger partial charge in [-0.15, -0.1) is 0 Å². The van der Waals surface area contributed by atoms with Gasteiger partial charge in [-0.3, -0.25) is 9.08 Å². The van der Waals surface area contributed by atoms with Crippen LogP contribution in [0, 0.1) is 0 Å². The average molecular weight is 249 g/mol. The van der Waals surface area contributed by atoms with E-state index in [1.54, 1.807) is 0 Å². The second-order valence-electron chi connectivity index (χ2n) is 6.01. The lowest BCUT2D eigenvalue weighted by atomic mass is 9.79. The lowest BCUT2D eigenvalue weighted by Gasteiger charge is -2.53. The van der Waals surface area contributed by atoms with Crippen molar-refractivity contribution in [3.8, 4) is 0 Å². The van der Waals surface area contributed by atoms with Crippen LogP contribution in [0.5, 0.6) is 0 Å². The molecule has 16 heavy (non-hydrogen) atoms. The first-order valence-electron chi connectivity index (χ1n) is 5.56. The summed E-state index contributed by atoms with van der Waals surface area (Å²) in [5, 5.41) is 0. The summed E-state index contributed by atoms with van der Waals surface area (Å²) >= 11 is 0. The van der Waals surface area contributed by atoms with Gasteiger partial charge in [0, 0.05) is 11.1 Å². The van der Waals surface area contributed by atoms with Gasteiger partial charge in [-0.25, -0.2) is 0 Å². The molecule has 1 saturated heterocycles. The highest BCUT2D eigenvalue weighted by molar-refractivity contribution is 7.86. The Hall–Kier alpha value is -0.130. The van der Waals surface area contributed by atoms with Gasteiger partial charge in [0.05, 0.1) is 12.4 Å². The van der Waals surface area contributed by atoms with Gasteiger partial charge in [0.15, 0.2) is 0 Å². The van der Waals surface area contributed by atoms with Crippen molar-refractivity contribution in [1.29, 1.82) is 0 Å². The largest absolute Gasteiger partial charge is 0.296 e. The summed E-state index contributed by atoms with van der Waals surface area (Å²) in [6, 6.07) is 0. The second-order valence-corrected chi connectivity index (χ2v) is 7.62. The van der Waals surface area contributed by atoms with Crippen LogP contribution < -0.4 is 0 Å². The van der Waals surface area contributed by atoms with Gasteiger partial charge < -0.3 is 0 Å². The van der Waals surface area contributed by atoms with E-state index < -0.39 is 10.1 Å². The van der Waals surface area contributed by atoms with Crippen LogP contribution in [-0.2, 0) is 14.3 Å². The topological polar surface area (TPSA) is 46.6 Å². The lowest BCUT2D eigenvalue weighted by Crippen LogP contribution is -2.60. The summed E-state index contributed by atoms with van der Waals surface area (Å²) in [6.45, 7) is 8.47. The molecule has 0 aliphatic carbocycles. The Labute approximate surface area is 99.1 Å². The van der Waals surface area contributed by atoms with Crippen LogP contribution in [0.4, 0.5) is 0 Å². The molecule has 0 saturated carbocycles. The van der Waals surface area contributed by atoms with Crippen molar-refractivity contribution < 1.29 is 12.6 Å². The maximum Gasteiger partial charge on any atom is 0.264 e. The minimum Gasteiger partial charge on any atom is -0.296 e. The number of likely N-dealkylation sites (tertiary alicyclic amines) is 1. The highest BCUT2D eigenvalue weighted by atomic mass is 32.2. The summed E-state index contributed by atoms with van der Waals surface area (Å²) in [5.41, 5.74) is -0.0891. The summed E-state index contributed by atoms with van der Waals surface area (Å²) in [7, 11) is -1.28. The van der Waals surface area contributed by atoms with E-state index in [1.165, 1.54) is 0 Å². The molecule has 0 atom stereocenters. The van der Waals surface area contributed by atoms with E-state index in [1.807, 2.05) is 0 Å². The zero-order valence-electron chi connectivity index (χ0n) is 11.1. The molecule has 0 aromatic heterocycles. The van der Waals surface area contributed by atoms with Gasteiger partial charge in [-0.05, 0) is 47.6 Å². The molecule has 5 heteroatoms. The molecule has 1 rings (SSSR count). The third kappa shape index (κ3) is 3.18. The van der Waals surface area contributed by atoms with Crippen molar-refractivity contribution in [1.82, 2.24) is 4.90 Å². The zero-order valence-corrected chi connectivity index (χ0v) is 11.9. The quantitative estimate of drug-likeness (QED) is 0.698. The van der Waals surface area contributed by atoms with Crippen LogP contribution in [-0.4, -0.2) is 43.8 Å². The molecule has 1 heterocycles. The number of rotatable bonds is 2. The smallest absolute Gasteiger partial charge is 0.264 e. The molecular weight excluding hydrogens is 226 g/mol. The molecule has 0 aromatic rings. The number of piperidine rings is 1. The van der Waals surface area contributed by atoms with Crippen molar-refractivity contribution in [2.75, 3.05) is 13.3 Å². The fourth-order valence-electron chi connectivity index (χ4n) is 2.59. The maximum absolute atomic E-state index is 11.2. The normalized spacial score (nSPS) is 26.9. The van der Waals surface area contributed by atoms with E-state index in [4.69, 9.17) is 4.18 Å². The Bertz CT molecular complexity index is 341. The minimum absolute atomic E-state index is 0.0445. The monoisotopic (exact) mass is 249 g/mol. The first kappa shape index (κ1) is 13.9. The van der Waals surface area contributed by atoms with E-state index in [2.05, 4.69) is 39.6 Å². The SMILES string of the molecule is CN1C(C)(C)CC(OS(C)(=O)=O)CC1(C)C. The molecule has 0 radical (unpaired) electrons. The third-order valence-electron chi connectivity index (χ3n) is 3.58. The summed E-state index contributed by atoms with van der Waals surface area (Å²) in [5.74, 6) is 0. The first-order valence-corrected chi connectivity index (χ1v) is 7.38. The molecule has 0 bridgehead atoms. The molecule has 0 spiro atoms. The fraction of sp³-hybridized carbons (Fsp3) is 1.00. The van der Waals surface area contributed by atoms with E-state index in [9.17, 15) is 8.42 Å². The van der Waals surface area contributed by atoms with Gasteiger partial charge in [0.25, 0.3) is 10.1 Å². The van der Waals surface area contributed by atoms with Crippen molar-refractivity contribution in [2.45, 2.75) is 57.7 Å². The van der Waals surface area contributed by atoms with E-state index in [0.29, 0.717) is 0 Å². The molecule has 0 unspecified atom stereocenters. The number of hydrogen-bond acceptors (Lipinski definition) is 4. The molecule has 0 aromatic carbocycles. The first-order chi connectivity index (χ1) is 6.94. The van der Waals surface area contributed by atoms with Crippen LogP contribution in [0.1, 0.15) is 40.5 Å². The zero-order chi connectivity index (χ0) is 12.8. The summed E-state index contributed by atoms with van der Waals surface area (Å²) < 4.78 is 27.5. The highest BCUT2D eigenvalue weighted by Crippen LogP contribution is 2.38. The van der Waals surface area contributed by atoms with Crippen molar-refractivity contribution in [3.63, 3.8) is 0 Å². The standard InChI is InChI=1S/C11H23NO3S/c1-10(2)7-9(15-16(6,13)14)8-11(3,4)12(10)5/h9H,7-8H2,1-6H3. The van der Waals surface area contributed by atoms with Crippen LogP contribution >= 0.6 is 0 Å². The van der Waals surface area contributed by atoms with Crippen LogP contribution in [0.2, 0.25) is 0 Å². The van der Waals surface area contributed by atoms with Crippen molar-refractivity contribution in [2.24, 2.45) is 0 Å². The Morgan fingerprint density at radius 3 is 1.81 bits per heavy atom. The maximum atomic E-state index is 11.2. The van der Waals surface area contributed by atoms with Crippen LogP contribution in [0.15, 0.2) is 0 Å². The second kappa shape index (κ2) is 3.96. The van der Waals surface area contributed by atoms with Crippen molar-refractivity contribution >= 4 is 10.1 Å². The lowest BCUT2D eigenvalue weighted by molar-refractivity contribution is -0.0535. The Morgan fingerprint density at radius 1 is 1.12 bits per heavy atom. The van der Waals surface area contributed by atoms with E-state index >= 15 is 0 Å². The van der Waals surface area contributed by atoms with Gasteiger partial charge in [-0.1, -0.05) is 0 Å². The molecule has 96 valence electrons. The molecule has 4 nitrogen and oxygen atoms in total. The average Bonchev–Trinajstić information content (AvgIpc) is 1.95. The number of nitrogens with zero attached hydrogens (tertiary/aromatic N) is 1. The van der Waals surface area contributed by atoms with Gasteiger partial charge in [0.1, 0.15) is 0 Å². The van der Waals surface area contributed by atoms with Crippen LogP contribution in [0.25, 0.3) is 0 Å². The summed E-state index contributed by atoms with van der Waals surface area (Å²) in [4.78, 5) is 2.29. The predicted molar refractivity (Wildman–Crippen MR) is 64.9 cm³/mol. The molecule has 1 aliphatic rings. The van der Waals surface area contributed by atoms with E-state index in [0.717, 1.165) is 19.1 Å². The van der Waals surface area contributed by atoms with Gasteiger partial charge in [0.2, 0.25) is 0 Å². The Balaban J connectivity index is 2.87. The molecular formula is C11H23NO3S. The van der Waals surface area contributed by atoms with Crippen LogP contribution in [0.3, 0.4) is 0 Å². The molecule has 0 N–H and O–H groups in total. The molecule has 1 aliphatic heterocycles. The molecule has 1 fully saturated rings. The van der Waals surface area contributed by atoms with Gasteiger partial charge in [-0.2, -0.15) is 8.42 Å². The van der Waals surface area contributed by atoms with Crippen molar-refractivity contribution in [3.05, 3.63) is 0 Å². The third-order valence-corrected chi connectivity index (χ3v) is 4.20. The highest BCUT2D eigenvalue weighted by Gasteiger charge is 2.44. The fourth-order valence-corrected chi connectivity index (χ4v) is 3.23. The van der Waals surface area contributed by atoms with E-state index in [-0.39, 0.29) is 17.2 Å². The van der Waals surface area contributed by atoms with Gasteiger partial charge >= 0.3 is 0 Å². The Kier molecular flexibility index (Phi) is 3.45. The predicted octanol–water partition coefficient (Wildman–Crippen LogP) is 1.61. The Morgan fingerprint density at radius 2 is 1.50 bits per heavy atom. The number of hydrogen-bond donors (Lipinski definition) is 0. The summed E-state index contributed by atoms with van der Waals surface area (Å²) in [6.07, 6.45) is 2.38. The minimum atomic E-state index is -3.36.